The third-order valence-corrected chi connectivity index (χ3v) is 4.18. The molecular weight excluding hydrogens is 315 g/mol. The molecule has 1 heterocycles. The largest absolute Gasteiger partial charge is 0.392 e. The Bertz CT molecular complexity index is 651. The number of hydrogen-bond donors (Lipinski definition) is 0. The lowest BCUT2D eigenvalue weighted by Gasteiger charge is -2.22. The zero-order chi connectivity index (χ0) is 16.8. The number of rotatable bonds is 2. The van der Waals surface area contributed by atoms with E-state index in [0.29, 0.717) is 0 Å². The van der Waals surface area contributed by atoms with Crippen molar-refractivity contribution < 1.29 is 32.4 Å². The summed E-state index contributed by atoms with van der Waals surface area (Å²) < 4.78 is 38.7. The summed E-state index contributed by atoms with van der Waals surface area (Å²) in [6.07, 6.45) is -4.41. The van der Waals surface area contributed by atoms with Crippen LogP contribution < -0.4 is 0 Å². The minimum Gasteiger partial charge on any atom is -0.329 e. The van der Waals surface area contributed by atoms with Crippen molar-refractivity contribution in [1.29, 1.82) is 0 Å². The van der Waals surface area contributed by atoms with Crippen molar-refractivity contribution in [1.82, 2.24) is 5.06 Å². The molecule has 23 heavy (non-hydrogen) atoms. The smallest absolute Gasteiger partial charge is 0.329 e. The zero-order valence-corrected chi connectivity index (χ0v) is 11.8. The Labute approximate surface area is 129 Å². The summed E-state index contributed by atoms with van der Waals surface area (Å²) in [5, 5.41) is 0.249. The summed E-state index contributed by atoms with van der Waals surface area (Å²) in [5.74, 6) is -6.08. The van der Waals surface area contributed by atoms with Gasteiger partial charge in [0.15, 0.2) is 0 Å². The Morgan fingerprint density at radius 1 is 1.09 bits per heavy atom. The molecule has 2 aliphatic rings. The highest BCUT2D eigenvalue weighted by atomic mass is 19.4. The number of carbonyl (C=O) groups excluding carboxylic acids is 3. The van der Waals surface area contributed by atoms with E-state index < -0.39 is 35.8 Å². The van der Waals surface area contributed by atoms with Crippen LogP contribution in [0.25, 0.3) is 0 Å². The highest BCUT2D eigenvalue weighted by Gasteiger charge is 2.51. The lowest BCUT2D eigenvalue weighted by atomic mass is 9.96. The zero-order valence-electron chi connectivity index (χ0n) is 11.8. The van der Waals surface area contributed by atoms with Crippen molar-refractivity contribution in [3.63, 3.8) is 0 Å². The van der Waals surface area contributed by atoms with Gasteiger partial charge in [0.05, 0.1) is 23.0 Å². The first kappa shape index (κ1) is 15.5. The molecule has 1 saturated carbocycles. The van der Waals surface area contributed by atoms with Crippen LogP contribution in [0.5, 0.6) is 0 Å². The van der Waals surface area contributed by atoms with Gasteiger partial charge in [-0.05, 0) is 25.0 Å². The molecule has 0 saturated heterocycles. The highest BCUT2D eigenvalue weighted by Crippen LogP contribution is 2.43. The van der Waals surface area contributed by atoms with E-state index in [1.807, 2.05) is 0 Å². The van der Waals surface area contributed by atoms with Crippen molar-refractivity contribution in [3.05, 3.63) is 35.4 Å². The maximum Gasteiger partial charge on any atom is 0.392 e. The van der Waals surface area contributed by atoms with Gasteiger partial charge >= 0.3 is 12.1 Å². The Hall–Kier alpha value is -2.38. The quantitative estimate of drug-likeness (QED) is 0.784. The second-order valence-corrected chi connectivity index (χ2v) is 5.55. The molecule has 0 radical (unpaired) electrons. The van der Waals surface area contributed by atoms with Crippen LogP contribution in [0.15, 0.2) is 24.3 Å². The normalized spacial score (nSPS) is 24.0. The van der Waals surface area contributed by atoms with Gasteiger partial charge in [-0.15, -0.1) is 0 Å². The first-order chi connectivity index (χ1) is 10.8. The van der Waals surface area contributed by atoms with E-state index in [2.05, 4.69) is 0 Å². The van der Waals surface area contributed by atoms with E-state index in [-0.39, 0.29) is 35.5 Å². The third-order valence-electron chi connectivity index (χ3n) is 4.18. The number of hydroxylamine groups is 2. The van der Waals surface area contributed by atoms with Crippen LogP contribution in [0.4, 0.5) is 13.2 Å². The van der Waals surface area contributed by atoms with Crippen molar-refractivity contribution >= 4 is 17.8 Å². The summed E-state index contributed by atoms with van der Waals surface area (Å²) in [7, 11) is 0. The molecule has 0 N–H and O–H groups in total. The molecule has 1 fully saturated rings. The number of halogens is 3. The molecule has 8 heteroatoms. The molecule has 0 unspecified atom stereocenters. The molecule has 1 aromatic carbocycles. The predicted octanol–water partition coefficient (Wildman–Crippen LogP) is 2.72. The summed E-state index contributed by atoms with van der Waals surface area (Å²) in [4.78, 5) is 40.8. The minimum absolute atomic E-state index is 0.0200. The molecule has 1 aliphatic carbocycles. The maximum absolute atomic E-state index is 12.9. The SMILES string of the molecule is O=C(ON1C(=O)c2ccccc2C1=O)[C@@H]1CCC[C@H]1C(F)(F)F. The molecule has 0 bridgehead atoms. The topological polar surface area (TPSA) is 63.7 Å². The summed E-state index contributed by atoms with van der Waals surface area (Å²) in [5.41, 5.74) is 0.119. The number of alkyl halides is 3. The van der Waals surface area contributed by atoms with Gasteiger partial charge in [0.2, 0.25) is 0 Å². The Morgan fingerprint density at radius 3 is 2.17 bits per heavy atom. The summed E-state index contributed by atoms with van der Waals surface area (Å²) >= 11 is 0. The van der Waals surface area contributed by atoms with Crippen LogP contribution in [0.2, 0.25) is 0 Å². The molecule has 1 aromatic rings. The molecule has 3 rings (SSSR count). The molecule has 122 valence electrons. The molecule has 2 atom stereocenters. The van der Waals surface area contributed by atoms with Gasteiger partial charge in [-0.3, -0.25) is 9.59 Å². The fourth-order valence-corrected chi connectivity index (χ4v) is 3.04. The van der Waals surface area contributed by atoms with Gasteiger partial charge < -0.3 is 4.84 Å². The van der Waals surface area contributed by atoms with Crippen molar-refractivity contribution in [2.75, 3.05) is 0 Å². The van der Waals surface area contributed by atoms with Gasteiger partial charge in [0.1, 0.15) is 0 Å². The molecule has 1 aliphatic heterocycles. The number of benzene rings is 1. The fraction of sp³-hybridized carbons (Fsp3) is 0.400. The van der Waals surface area contributed by atoms with E-state index in [0.717, 1.165) is 0 Å². The van der Waals surface area contributed by atoms with Gasteiger partial charge in [-0.1, -0.05) is 23.6 Å². The first-order valence-electron chi connectivity index (χ1n) is 7.07. The molecule has 5 nitrogen and oxygen atoms in total. The standard InChI is InChI=1S/C15H12F3NO4/c16-15(17,18)11-7-3-6-10(11)14(22)23-19-12(20)8-4-1-2-5-9(8)13(19)21/h1-2,4-5,10-11H,3,6-7H2/t10-,11-/m1/s1. The summed E-state index contributed by atoms with van der Waals surface area (Å²) in [6.45, 7) is 0. The number of amides is 2. The van der Waals surface area contributed by atoms with Gasteiger partial charge in [-0.25, -0.2) is 4.79 Å². The van der Waals surface area contributed by atoms with Crippen molar-refractivity contribution in [2.45, 2.75) is 25.4 Å². The van der Waals surface area contributed by atoms with Crippen molar-refractivity contribution in [3.8, 4) is 0 Å². The van der Waals surface area contributed by atoms with E-state index in [1.54, 1.807) is 0 Å². The third kappa shape index (κ3) is 2.58. The second-order valence-electron chi connectivity index (χ2n) is 5.55. The van der Waals surface area contributed by atoms with E-state index in [1.165, 1.54) is 24.3 Å². The van der Waals surface area contributed by atoms with E-state index in [4.69, 9.17) is 4.84 Å². The predicted molar refractivity (Wildman–Crippen MR) is 69.9 cm³/mol. The monoisotopic (exact) mass is 327 g/mol. The lowest BCUT2D eigenvalue weighted by Crippen LogP contribution is -2.38. The molecule has 0 aromatic heterocycles. The van der Waals surface area contributed by atoms with Crippen LogP contribution in [0, 0.1) is 11.8 Å². The molecule has 2 amide bonds. The van der Waals surface area contributed by atoms with Gasteiger partial charge in [-0.2, -0.15) is 13.2 Å². The van der Waals surface area contributed by atoms with Gasteiger partial charge in [0, 0.05) is 0 Å². The Kier molecular flexibility index (Phi) is 3.62. The molecule has 0 spiro atoms. The fourth-order valence-electron chi connectivity index (χ4n) is 3.04. The van der Waals surface area contributed by atoms with Crippen LogP contribution in [0.1, 0.15) is 40.0 Å². The van der Waals surface area contributed by atoms with E-state index >= 15 is 0 Å². The summed E-state index contributed by atoms with van der Waals surface area (Å²) in [6, 6.07) is 5.84. The average Bonchev–Trinajstić information content (AvgIpc) is 3.08. The highest BCUT2D eigenvalue weighted by molar-refractivity contribution is 6.20. The van der Waals surface area contributed by atoms with Crippen LogP contribution in [-0.2, 0) is 9.63 Å². The first-order valence-corrected chi connectivity index (χ1v) is 7.07. The number of hydrogen-bond acceptors (Lipinski definition) is 4. The van der Waals surface area contributed by atoms with Gasteiger partial charge in [0.25, 0.3) is 11.8 Å². The number of imide groups is 1. The number of carbonyl (C=O) groups is 3. The van der Waals surface area contributed by atoms with Crippen LogP contribution >= 0.6 is 0 Å². The van der Waals surface area contributed by atoms with E-state index in [9.17, 15) is 27.6 Å². The average molecular weight is 327 g/mol. The van der Waals surface area contributed by atoms with Crippen LogP contribution in [0.3, 0.4) is 0 Å². The Morgan fingerprint density at radius 2 is 1.65 bits per heavy atom. The van der Waals surface area contributed by atoms with Crippen molar-refractivity contribution in [2.24, 2.45) is 11.8 Å². The number of nitrogens with zero attached hydrogens (tertiary/aromatic N) is 1. The Balaban J connectivity index is 1.77. The van der Waals surface area contributed by atoms with Crippen LogP contribution in [-0.4, -0.2) is 29.0 Å². The lowest BCUT2D eigenvalue weighted by molar-refractivity contribution is -0.203. The molecular formula is C15H12F3NO4. The number of fused-ring (bicyclic) bond motifs is 1. The second kappa shape index (κ2) is 5.36. The minimum atomic E-state index is -4.51. The maximum atomic E-state index is 12.9.